The zero-order chi connectivity index (χ0) is 14.6. The van der Waals surface area contributed by atoms with E-state index in [-0.39, 0.29) is 19.6 Å². The lowest BCUT2D eigenvalue weighted by atomic mass is 9.96. The second kappa shape index (κ2) is 5.92. The number of ether oxygens (including phenoxy) is 1. The maximum Gasteiger partial charge on any atom is 0.410 e. The molecule has 0 aliphatic carbocycles. The lowest BCUT2D eigenvalue weighted by molar-refractivity contribution is -0.138. The van der Waals surface area contributed by atoms with Crippen LogP contribution < -0.4 is 5.73 Å². The molecule has 0 radical (unpaired) electrons. The Labute approximate surface area is 117 Å². The molecule has 6 heteroatoms. The van der Waals surface area contributed by atoms with E-state index < -0.39 is 17.6 Å². The fraction of sp³-hybridized carbons (Fsp3) is 0.429. The number of hydrogen-bond donors (Lipinski definition) is 2. The summed E-state index contributed by atoms with van der Waals surface area (Å²) in [6.07, 6.45) is -0.124. The van der Waals surface area contributed by atoms with Gasteiger partial charge in [0.05, 0.1) is 6.42 Å². The molecule has 0 spiro atoms. The number of hydrogen-bond acceptors (Lipinski definition) is 4. The fourth-order valence-electron chi connectivity index (χ4n) is 2.31. The molecule has 1 amide bonds. The third-order valence-corrected chi connectivity index (χ3v) is 3.35. The Morgan fingerprint density at radius 2 is 2.05 bits per heavy atom. The summed E-state index contributed by atoms with van der Waals surface area (Å²) in [7, 11) is 0. The Morgan fingerprint density at radius 1 is 1.35 bits per heavy atom. The van der Waals surface area contributed by atoms with E-state index in [4.69, 9.17) is 15.6 Å². The molecular formula is C14H18N2O4. The Kier molecular flexibility index (Phi) is 4.24. The molecule has 1 unspecified atom stereocenters. The monoisotopic (exact) mass is 278 g/mol. The quantitative estimate of drug-likeness (QED) is 0.863. The van der Waals surface area contributed by atoms with Gasteiger partial charge in [-0.05, 0) is 12.0 Å². The summed E-state index contributed by atoms with van der Waals surface area (Å²) < 4.78 is 5.19. The van der Waals surface area contributed by atoms with Crippen molar-refractivity contribution in [2.45, 2.75) is 25.0 Å². The van der Waals surface area contributed by atoms with Gasteiger partial charge in [-0.15, -0.1) is 0 Å². The highest BCUT2D eigenvalue weighted by Gasteiger charge is 2.38. The first-order valence-electron chi connectivity index (χ1n) is 6.45. The van der Waals surface area contributed by atoms with Crippen LogP contribution in [-0.4, -0.2) is 40.7 Å². The van der Waals surface area contributed by atoms with Crippen LogP contribution in [-0.2, 0) is 16.1 Å². The van der Waals surface area contributed by atoms with E-state index in [1.165, 1.54) is 4.90 Å². The molecule has 1 atom stereocenters. The number of amides is 1. The molecule has 1 saturated heterocycles. The Hall–Kier alpha value is -2.08. The maximum atomic E-state index is 11.9. The zero-order valence-electron chi connectivity index (χ0n) is 11.1. The standard InChI is InChI=1S/C14H18N2O4/c15-14(8-12(17)18)6-7-16(10-14)13(19)20-9-11-4-2-1-3-5-11/h1-5H,6-10,15H2,(H,17,18). The van der Waals surface area contributed by atoms with Gasteiger partial charge in [0.2, 0.25) is 0 Å². The van der Waals surface area contributed by atoms with Crippen LogP contribution in [0.1, 0.15) is 18.4 Å². The van der Waals surface area contributed by atoms with Crippen LogP contribution in [0.2, 0.25) is 0 Å². The Morgan fingerprint density at radius 3 is 2.70 bits per heavy atom. The van der Waals surface area contributed by atoms with Crippen LogP contribution in [0.3, 0.4) is 0 Å². The first kappa shape index (κ1) is 14.3. The van der Waals surface area contributed by atoms with Crippen molar-refractivity contribution in [2.75, 3.05) is 13.1 Å². The lowest BCUT2D eigenvalue weighted by Gasteiger charge is -2.22. The first-order valence-corrected chi connectivity index (χ1v) is 6.45. The molecule has 1 aliphatic rings. The number of benzene rings is 1. The smallest absolute Gasteiger partial charge is 0.410 e. The Balaban J connectivity index is 1.84. The minimum atomic E-state index is -0.952. The predicted octanol–water partition coefficient (Wildman–Crippen LogP) is 1.20. The van der Waals surface area contributed by atoms with E-state index >= 15 is 0 Å². The summed E-state index contributed by atoms with van der Waals surface area (Å²) in [4.78, 5) is 24.1. The lowest BCUT2D eigenvalue weighted by Crippen LogP contribution is -2.45. The second-order valence-corrected chi connectivity index (χ2v) is 5.14. The fourth-order valence-corrected chi connectivity index (χ4v) is 2.31. The number of carboxylic acid groups (broad SMARTS) is 1. The van der Waals surface area contributed by atoms with E-state index in [0.717, 1.165) is 5.56 Å². The van der Waals surface area contributed by atoms with E-state index in [1.54, 1.807) is 0 Å². The van der Waals surface area contributed by atoms with E-state index in [0.29, 0.717) is 13.0 Å². The average Bonchev–Trinajstić information content (AvgIpc) is 2.78. The molecule has 1 aromatic rings. The maximum absolute atomic E-state index is 11.9. The van der Waals surface area contributed by atoms with Crippen LogP contribution in [0.25, 0.3) is 0 Å². The highest BCUT2D eigenvalue weighted by molar-refractivity contribution is 5.71. The summed E-state index contributed by atoms with van der Waals surface area (Å²) in [5, 5.41) is 8.80. The molecule has 0 aromatic heterocycles. The van der Waals surface area contributed by atoms with Gasteiger partial charge in [-0.25, -0.2) is 4.79 Å². The van der Waals surface area contributed by atoms with Gasteiger partial charge in [-0.1, -0.05) is 30.3 Å². The molecule has 6 nitrogen and oxygen atoms in total. The molecule has 1 aliphatic heterocycles. The van der Waals surface area contributed by atoms with Crippen molar-refractivity contribution < 1.29 is 19.4 Å². The number of likely N-dealkylation sites (tertiary alicyclic amines) is 1. The molecule has 108 valence electrons. The number of carbonyl (C=O) groups excluding carboxylic acids is 1. The van der Waals surface area contributed by atoms with Crippen molar-refractivity contribution in [2.24, 2.45) is 5.73 Å². The molecule has 2 rings (SSSR count). The number of aliphatic carboxylic acids is 1. The van der Waals surface area contributed by atoms with Gasteiger partial charge < -0.3 is 20.5 Å². The van der Waals surface area contributed by atoms with Crippen molar-refractivity contribution in [3.8, 4) is 0 Å². The van der Waals surface area contributed by atoms with Crippen LogP contribution in [0, 0.1) is 0 Å². The summed E-state index contributed by atoms with van der Waals surface area (Å²) in [6, 6.07) is 9.37. The topological polar surface area (TPSA) is 92.9 Å². The van der Waals surface area contributed by atoms with Crippen LogP contribution in [0.15, 0.2) is 30.3 Å². The van der Waals surface area contributed by atoms with Crippen molar-refractivity contribution in [1.82, 2.24) is 4.90 Å². The summed E-state index contributed by atoms with van der Waals surface area (Å²) in [5.41, 5.74) is 6.02. The Bertz CT molecular complexity index is 491. The van der Waals surface area contributed by atoms with Crippen LogP contribution >= 0.6 is 0 Å². The largest absolute Gasteiger partial charge is 0.481 e. The number of carboxylic acids is 1. The van der Waals surface area contributed by atoms with Gasteiger partial charge in [0.15, 0.2) is 0 Å². The van der Waals surface area contributed by atoms with Gasteiger partial charge in [0.25, 0.3) is 0 Å². The van der Waals surface area contributed by atoms with Gasteiger partial charge in [0, 0.05) is 18.6 Å². The van der Waals surface area contributed by atoms with Crippen molar-refractivity contribution in [1.29, 1.82) is 0 Å². The number of nitrogens with two attached hydrogens (primary N) is 1. The van der Waals surface area contributed by atoms with Crippen molar-refractivity contribution in [3.63, 3.8) is 0 Å². The van der Waals surface area contributed by atoms with Crippen molar-refractivity contribution in [3.05, 3.63) is 35.9 Å². The molecule has 1 heterocycles. The second-order valence-electron chi connectivity index (χ2n) is 5.14. The number of nitrogens with zero attached hydrogens (tertiary/aromatic N) is 1. The van der Waals surface area contributed by atoms with E-state index in [9.17, 15) is 9.59 Å². The summed E-state index contributed by atoms with van der Waals surface area (Å²) in [6.45, 7) is 0.844. The summed E-state index contributed by atoms with van der Waals surface area (Å²) >= 11 is 0. The third-order valence-electron chi connectivity index (χ3n) is 3.35. The highest BCUT2D eigenvalue weighted by Crippen LogP contribution is 2.23. The average molecular weight is 278 g/mol. The number of carbonyl (C=O) groups is 2. The third kappa shape index (κ3) is 3.71. The molecule has 1 aromatic carbocycles. The number of rotatable bonds is 4. The molecule has 0 bridgehead atoms. The van der Waals surface area contributed by atoms with Crippen LogP contribution in [0.4, 0.5) is 4.79 Å². The zero-order valence-corrected chi connectivity index (χ0v) is 11.1. The van der Waals surface area contributed by atoms with E-state index in [1.807, 2.05) is 30.3 Å². The van der Waals surface area contributed by atoms with Gasteiger partial charge >= 0.3 is 12.1 Å². The highest BCUT2D eigenvalue weighted by atomic mass is 16.6. The summed E-state index contributed by atoms with van der Waals surface area (Å²) in [5.74, 6) is -0.952. The normalized spacial score (nSPS) is 21.8. The first-order chi connectivity index (χ1) is 9.48. The minimum absolute atomic E-state index is 0.143. The minimum Gasteiger partial charge on any atom is -0.481 e. The van der Waals surface area contributed by atoms with Gasteiger partial charge in [-0.3, -0.25) is 4.79 Å². The van der Waals surface area contributed by atoms with Gasteiger partial charge in [0.1, 0.15) is 6.61 Å². The molecule has 20 heavy (non-hydrogen) atoms. The molecule has 3 N–H and O–H groups in total. The molecule has 0 saturated carbocycles. The molecular weight excluding hydrogens is 260 g/mol. The molecule has 1 fully saturated rings. The van der Waals surface area contributed by atoms with Crippen LogP contribution in [0.5, 0.6) is 0 Å². The SMILES string of the molecule is NC1(CC(=O)O)CCN(C(=O)OCc2ccccc2)C1. The van der Waals surface area contributed by atoms with Gasteiger partial charge in [-0.2, -0.15) is 0 Å². The van der Waals surface area contributed by atoms with E-state index in [2.05, 4.69) is 0 Å². The van der Waals surface area contributed by atoms with Crippen molar-refractivity contribution >= 4 is 12.1 Å². The predicted molar refractivity (Wildman–Crippen MR) is 72.0 cm³/mol.